The SMILES string of the molecule is COCCS(=O)C1=C2Nn3cncc3C3CC(c4nccs4)NC(S1)C23. The lowest BCUT2D eigenvalue weighted by Gasteiger charge is -2.42. The van der Waals surface area contributed by atoms with Crippen molar-refractivity contribution in [2.24, 2.45) is 5.92 Å². The highest BCUT2D eigenvalue weighted by Crippen LogP contribution is 2.55. The van der Waals surface area contributed by atoms with E-state index in [0.717, 1.165) is 21.4 Å². The summed E-state index contributed by atoms with van der Waals surface area (Å²) in [4.78, 5) is 8.84. The van der Waals surface area contributed by atoms with E-state index >= 15 is 0 Å². The molecule has 2 aromatic heterocycles. The Morgan fingerprint density at radius 2 is 2.42 bits per heavy atom. The topological polar surface area (TPSA) is 81.1 Å². The minimum absolute atomic E-state index is 0.190. The first-order chi connectivity index (χ1) is 12.8. The van der Waals surface area contributed by atoms with Crippen molar-refractivity contribution in [3.63, 3.8) is 0 Å². The molecule has 5 atom stereocenters. The van der Waals surface area contributed by atoms with E-state index in [1.807, 2.05) is 22.4 Å². The monoisotopic (exact) mass is 409 g/mol. The Balaban J connectivity index is 1.52. The fourth-order valence-electron chi connectivity index (χ4n) is 3.99. The standard InChI is InChI=1S/C16H19N5O2S3/c1-23-3-5-26(22)16-13-12-9(11-7-17-8-21(11)20-13)6-10(19-15(12)25-16)14-18-2-4-24-14/h2,4,7-10,12,15,19-20H,3,5-6H2,1H3. The summed E-state index contributed by atoms with van der Waals surface area (Å²) in [5.74, 6) is 1.13. The highest BCUT2D eigenvalue weighted by atomic mass is 32.2. The molecule has 5 unspecified atom stereocenters. The molecular formula is C16H19N5O2S3. The van der Waals surface area contributed by atoms with Gasteiger partial charge in [-0.1, -0.05) is 11.8 Å². The zero-order chi connectivity index (χ0) is 17.7. The Labute approximate surface area is 162 Å². The average Bonchev–Trinajstić information content (AvgIpc) is 3.39. The second-order valence-electron chi connectivity index (χ2n) is 6.54. The minimum Gasteiger partial charge on any atom is -0.384 e. The van der Waals surface area contributed by atoms with Gasteiger partial charge in [-0.25, -0.2) is 14.6 Å². The Hall–Kier alpha value is -1.20. The van der Waals surface area contributed by atoms with Gasteiger partial charge >= 0.3 is 0 Å². The summed E-state index contributed by atoms with van der Waals surface area (Å²) in [6.45, 7) is 0.494. The molecule has 138 valence electrons. The number of piperidine rings is 1. The molecule has 0 bridgehead atoms. The van der Waals surface area contributed by atoms with Gasteiger partial charge in [-0.3, -0.25) is 15.0 Å². The van der Waals surface area contributed by atoms with Crippen LogP contribution in [0.3, 0.4) is 0 Å². The van der Waals surface area contributed by atoms with Crippen molar-refractivity contribution in [3.05, 3.63) is 44.7 Å². The second-order valence-corrected chi connectivity index (χ2v) is 10.4. The molecule has 0 aliphatic carbocycles. The largest absolute Gasteiger partial charge is 0.384 e. The van der Waals surface area contributed by atoms with E-state index in [0.29, 0.717) is 18.3 Å². The lowest BCUT2D eigenvalue weighted by molar-refractivity contribution is 0.218. The Morgan fingerprint density at radius 3 is 3.23 bits per heavy atom. The average molecular weight is 410 g/mol. The van der Waals surface area contributed by atoms with Crippen LogP contribution >= 0.6 is 23.1 Å². The summed E-state index contributed by atoms with van der Waals surface area (Å²) in [6.07, 6.45) is 6.56. The molecule has 1 fully saturated rings. The first-order valence-electron chi connectivity index (χ1n) is 8.49. The number of nitrogens with one attached hydrogen (secondary N) is 2. The number of rotatable bonds is 5. The number of hydrogen-bond acceptors (Lipinski definition) is 8. The van der Waals surface area contributed by atoms with Gasteiger partial charge in [0.05, 0.1) is 56.4 Å². The van der Waals surface area contributed by atoms with Gasteiger partial charge in [-0.05, 0) is 6.42 Å². The van der Waals surface area contributed by atoms with Crippen LogP contribution < -0.4 is 10.7 Å². The zero-order valence-electron chi connectivity index (χ0n) is 14.1. The van der Waals surface area contributed by atoms with Crippen LogP contribution in [0.1, 0.15) is 29.1 Å². The summed E-state index contributed by atoms with van der Waals surface area (Å²) in [5.41, 5.74) is 5.72. The Kier molecular flexibility index (Phi) is 4.40. The van der Waals surface area contributed by atoms with E-state index in [4.69, 9.17) is 4.74 Å². The van der Waals surface area contributed by atoms with Crippen LogP contribution in [0.25, 0.3) is 0 Å². The van der Waals surface area contributed by atoms with Crippen molar-refractivity contribution in [2.75, 3.05) is 24.9 Å². The molecule has 0 aromatic carbocycles. The number of thioether (sulfide) groups is 1. The summed E-state index contributed by atoms with van der Waals surface area (Å²) in [5, 5.41) is 7.07. The minimum atomic E-state index is -1.07. The number of imidazole rings is 1. The quantitative estimate of drug-likeness (QED) is 0.781. The molecule has 1 saturated heterocycles. The summed E-state index contributed by atoms with van der Waals surface area (Å²) in [7, 11) is 0.575. The highest BCUT2D eigenvalue weighted by Gasteiger charge is 2.51. The smallest absolute Gasteiger partial charge is 0.115 e. The van der Waals surface area contributed by atoms with Gasteiger partial charge in [-0.2, -0.15) is 0 Å². The fraction of sp³-hybridized carbons (Fsp3) is 0.500. The van der Waals surface area contributed by atoms with E-state index in [1.165, 1.54) is 5.69 Å². The molecule has 5 rings (SSSR count). The lowest BCUT2D eigenvalue weighted by Crippen LogP contribution is -2.48. The number of hydrogen-bond donors (Lipinski definition) is 2. The Morgan fingerprint density at radius 1 is 1.50 bits per heavy atom. The molecule has 2 aromatic rings. The second kappa shape index (κ2) is 6.75. The van der Waals surface area contributed by atoms with Crippen LogP contribution in [0.15, 0.2) is 34.0 Å². The first-order valence-corrected chi connectivity index (χ1v) is 11.6. The summed E-state index contributed by atoms with van der Waals surface area (Å²) < 4.78 is 20.9. The number of methoxy groups -OCH3 is 1. The Bertz CT molecular complexity index is 865. The van der Waals surface area contributed by atoms with Crippen molar-refractivity contribution >= 4 is 33.9 Å². The van der Waals surface area contributed by atoms with Crippen LogP contribution in [0.5, 0.6) is 0 Å². The molecule has 3 aliphatic heterocycles. The zero-order valence-corrected chi connectivity index (χ0v) is 16.6. The van der Waals surface area contributed by atoms with Crippen LogP contribution in [0.4, 0.5) is 0 Å². The predicted octanol–water partition coefficient (Wildman–Crippen LogP) is 1.97. The molecule has 3 aliphatic rings. The van der Waals surface area contributed by atoms with E-state index in [1.54, 1.807) is 36.5 Å². The molecule has 5 heterocycles. The number of thiazole rings is 1. The molecule has 0 spiro atoms. The van der Waals surface area contributed by atoms with Crippen molar-refractivity contribution < 1.29 is 8.95 Å². The van der Waals surface area contributed by atoms with Crippen molar-refractivity contribution in [3.8, 4) is 0 Å². The van der Waals surface area contributed by atoms with Crippen LogP contribution in [-0.2, 0) is 15.5 Å². The van der Waals surface area contributed by atoms with Gasteiger partial charge in [0, 0.05) is 30.5 Å². The molecule has 10 heteroatoms. The first kappa shape index (κ1) is 16.9. The lowest BCUT2D eigenvalue weighted by atomic mass is 9.78. The maximum Gasteiger partial charge on any atom is 0.115 e. The molecule has 0 radical (unpaired) electrons. The van der Waals surface area contributed by atoms with E-state index in [-0.39, 0.29) is 17.3 Å². The van der Waals surface area contributed by atoms with Gasteiger partial charge in [-0.15, -0.1) is 11.3 Å². The molecule has 7 nitrogen and oxygen atoms in total. The molecule has 0 saturated carbocycles. The van der Waals surface area contributed by atoms with Crippen LogP contribution in [0.2, 0.25) is 0 Å². The third kappa shape index (κ3) is 2.66. The predicted molar refractivity (Wildman–Crippen MR) is 104 cm³/mol. The number of fused-ring (bicyclic) bond motifs is 2. The maximum atomic E-state index is 12.9. The third-order valence-electron chi connectivity index (χ3n) is 5.12. The summed E-state index contributed by atoms with van der Waals surface area (Å²) in [6, 6.07) is 0.211. The highest BCUT2D eigenvalue weighted by molar-refractivity contribution is 8.17. The van der Waals surface area contributed by atoms with Gasteiger partial charge < -0.3 is 4.74 Å². The van der Waals surface area contributed by atoms with Crippen molar-refractivity contribution in [1.82, 2.24) is 20.0 Å². The maximum absolute atomic E-state index is 12.9. The molecule has 2 N–H and O–H groups in total. The van der Waals surface area contributed by atoms with Gasteiger partial charge in [0.25, 0.3) is 0 Å². The number of aromatic nitrogens is 3. The number of ether oxygens (including phenoxy) is 1. The summed E-state index contributed by atoms with van der Waals surface area (Å²) >= 11 is 3.38. The van der Waals surface area contributed by atoms with Gasteiger partial charge in [0.2, 0.25) is 0 Å². The van der Waals surface area contributed by atoms with Gasteiger partial charge in [0.15, 0.2) is 0 Å². The van der Waals surface area contributed by atoms with E-state index < -0.39 is 10.8 Å². The van der Waals surface area contributed by atoms with E-state index in [2.05, 4.69) is 20.7 Å². The van der Waals surface area contributed by atoms with Crippen LogP contribution in [0, 0.1) is 5.92 Å². The van der Waals surface area contributed by atoms with Crippen molar-refractivity contribution in [1.29, 1.82) is 0 Å². The fourth-order valence-corrected chi connectivity index (χ4v) is 7.87. The van der Waals surface area contributed by atoms with Gasteiger partial charge in [0.1, 0.15) is 11.3 Å². The van der Waals surface area contributed by atoms with Crippen molar-refractivity contribution in [2.45, 2.75) is 23.8 Å². The third-order valence-corrected chi connectivity index (χ3v) is 9.14. The normalized spacial score (nSPS) is 30.7. The molecule has 26 heavy (non-hydrogen) atoms. The van der Waals surface area contributed by atoms with E-state index in [9.17, 15) is 4.21 Å². The molecular weight excluding hydrogens is 390 g/mol. The van der Waals surface area contributed by atoms with Crippen LogP contribution in [-0.4, -0.2) is 43.7 Å². The number of nitrogens with zero attached hydrogens (tertiary/aromatic N) is 3. The molecule has 0 amide bonds.